The predicted molar refractivity (Wildman–Crippen MR) is 203 cm³/mol. The van der Waals surface area contributed by atoms with Crippen molar-refractivity contribution in [1.29, 1.82) is 0 Å². The fourth-order valence-corrected chi connectivity index (χ4v) is 7.63. The first kappa shape index (κ1) is 33.8. The summed E-state index contributed by atoms with van der Waals surface area (Å²) in [6, 6.07) is 51.0. The molecule has 0 spiro atoms. The Morgan fingerprint density at radius 3 is 1.78 bits per heavy atom. The number of hydrogen-bond donors (Lipinski definition) is 1. The third-order valence-corrected chi connectivity index (χ3v) is 10.4. The molecule has 7 rings (SSSR count). The van der Waals surface area contributed by atoms with Crippen LogP contribution in [0.4, 0.5) is 0 Å². The summed E-state index contributed by atoms with van der Waals surface area (Å²) < 4.78 is 1.95. The first-order valence-corrected chi connectivity index (χ1v) is 18.0. The minimum atomic E-state index is -0.877. The zero-order chi connectivity index (χ0) is 35.2. The van der Waals surface area contributed by atoms with E-state index in [1.807, 2.05) is 66.4 Å². The predicted octanol–water partition coefficient (Wildman–Crippen LogP) is 8.57. The second-order valence-electron chi connectivity index (χ2n) is 12.9. The summed E-state index contributed by atoms with van der Waals surface area (Å²) in [6.07, 6.45) is 0. The van der Waals surface area contributed by atoms with Crippen LogP contribution in [-0.2, 0) is 12.1 Å². The van der Waals surface area contributed by atoms with Crippen molar-refractivity contribution in [2.24, 2.45) is 5.92 Å². The number of rotatable bonds is 12. The number of aromatic nitrogens is 4. The van der Waals surface area contributed by atoms with Gasteiger partial charge in [-0.05, 0) is 61.2 Å². The van der Waals surface area contributed by atoms with Gasteiger partial charge in [-0.1, -0.05) is 159 Å². The van der Waals surface area contributed by atoms with Crippen molar-refractivity contribution in [3.63, 3.8) is 0 Å². The van der Waals surface area contributed by atoms with E-state index in [-0.39, 0.29) is 24.5 Å². The van der Waals surface area contributed by atoms with Gasteiger partial charge in [0, 0.05) is 12.1 Å². The molecule has 7 nitrogen and oxygen atoms in total. The van der Waals surface area contributed by atoms with Crippen LogP contribution in [0.1, 0.15) is 45.8 Å². The number of carbonyl (C=O) groups excluding carboxylic acids is 1. The summed E-state index contributed by atoms with van der Waals surface area (Å²) in [4.78, 5) is 16.1. The highest BCUT2D eigenvalue weighted by Crippen LogP contribution is 2.43. The number of aliphatic hydroxyl groups excluding tert-OH is 1. The molecule has 0 saturated heterocycles. The molecule has 0 aliphatic heterocycles. The number of nitrogens with zero attached hydrogens (tertiary/aromatic N) is 5. The minimum Gasteiger partial charge on any atom is -0.394 e. The number of benzene rings is 5. The molecule has 0 radical (unpaired) electrons. The monoisotopic (exact) mass is 689 g/mol. The third-order valence-electron chi connectivity index (χ3n) is 9.50. The fourth-order valence-electron chi connectivity index (χ4n) is 6.95. The molecule has 1 atom stereocenters. The summed E-state index contributed by atoms with van der Waals surface area (Å²) in [7, 11) is 0. The van der Waals surface area contributed by atoms with E-state index in [2.05, 4.69) is 114 Å². The van der Waals surface area contributed by atoms with E-state index < -0.39 is 5.54 Å². The van der Waals surface area contributed by atoms with Crippen LogP contribution < -0.4 is 0 Å². The molecule has 254 valence electrons. The van der Waals surface area contributed by atoms with Crippen LogP contribution in [0.25, 0.3) is 22.5 Å². The molecular formula is C43H39N5O2S. The molecule has 7 aromatic rings. The lowest BCUT2D eigenvalue weighted by molar-refractivity contribution is 0.0487. The van der Waals surface area contributed by atoms with E-state index in [0.717, 1.165) is 38.9 Å². The van der Waals surface area contributed by atoms with Gasteiger partial charge in [-0.25, -0.2) is 4.68 Å². The van der Waals surface area contributed by atoms with Gasteiger partial charge in [-0.2, -0.15) is 0 Å². The molecule has 1 unspecified atom stereocenters. The van der Waals surface area contributed by atoms with Gasteiger partial charge in [-0.3, -0.25) is 4.79 Å². The summed E-state index contributed by atoms with van der Waals surface area (Å²) >= 11 is 1.42. The van der Waals surface area contributed by atoms with E-state index in [4.69, 9.17) is 10.3 Å². The molecule has 0 aliphatic rings. The number of carbonyl (C=O) groups is 1. The normalized spacial score (nSPS) is 12.2. The Kier molecular flexibility index (Phi) is 9.97. The van der Waals surface area contributed by atoms with Crippen molar-refractivity contribution in [2.45, 2.75) is 32.0 Å². The van der Waals surface area contributed by atoms with Crippen molar-refractivity contribution in [3.05, 3.63) is 184 Å². The van der Waals surface area contributed by atoms with Gasteiger partial charge in [0.25, 0.3) is 5.91 Å². The lowest BCUT2D eigenvalue weighted by Crippen LogP contribution is -2.44. The molecule has 0 bridgehead atoms. The van der Waals surface area contributed by atoms with Gasteiger partial charge < -0.3 is 10.0 Å². The zero-order valence-corrected chi connectivity index (χ0v) is 29.4. The van der Waals surface area contributed by atoms with Crippen LogP contribution in [-0.4, -0.2) is 48.8 Å². The second-order valence-corrected chi connectivity index (χ2v) is 13.8. The average Bonchev–Trinajstić information content (AvgIpc) is 3.91. The Labute approximate surface area is 302 Å². The van der Waals surface area contributed by atoms with Crippen LogP contribution in [0.2, 0.25) is 0 Å². The van der Waals surface area contributed by atoms with Gasteiger partial charge in [0.05, 0.1) is 17.5 Å². The van der Waals surface area contributed by atoms with Gasteiger partial charge in [-0.15, -0.1) is 16.4 Å². The number of hydrogen-bond acceptors (Lipinski definition) is 6. The topological polar surface area (TPSA) is 84.1 Å². The van der Waals surface area contributed by atoms with E-state index in [9.17, 15) is 9.90 Å². The molecule has 0 aliphatic carbocycles. The van der Waals surface area contributed by atoms with E-state index >= 15 is 0 Å². The Hall–Kier alpha value is -5.70. The molecule has 2 aromatic heterocycles. The molecule has 0 saturated carbocycles. The third kappa shape index (κ3) is 6.52. The molecule has 2 heterocycles. The molecule has 8 heteroatoms. The Balaban J connectivity index is 1.32. The van der Waals surface area contributed by atoms with E-state index in [0.29, 0.717) is 17.2 Å². The van der Waals surface area contributed by atoms with Crippen LogP contribution in [0.5, 0.6) is 0 Å². The number of thiophene rings is 1. The minimum absolute atomic E-state index is 0.0715. The lowest BCUT2D eigenvalue weighted by atomic mass is 9.77. The molecule has 5 aromatic carbocycles. The zero-order valence-electron chi connectivity index (χ0n) is 28.6. The average molecular weight is 690 g/mol. The largest absolute Gasteiger partial charge is 0.394 e. The van der Waals surface area contributed by atoms with Crippen molar-refractivity contribution in [1.82, 2.24) is 25.1 Å². The van der Waals surface area contributed by atoms with Crippen molar-refractivity contribution in [3.8, 4) is 22.5 Å². The van der Waals surface area contributed by atoms with Crippen molar-refractivity contribution in [2.75, 3.05) is 6.61 Å². The Morgan fingerprint density at radius 1 is 0.725 bits per heavy atom. The number of amides is 1. The maximum atomic E-state index is 13.6. The first-order valence-electron chi connectivity index (χ1n) is 17.1. The van der Waals surface area contributed by atoms with Crippen molar-refractivity contribution < 1.29 is 9.90 Å². The highest BCUT2D eigenvalue weighted by molar-refractivity contribution is 7.12. The lowest BCUT2D eigenvalue weighted by Gasteiger charge is -2.36. The molecule has 1 N–H and O–H groups in total. The standard InChI is InChI=1S/C43H39N5O2S/c1-31(2)39(30-49)47(42(50)40-23-14-28-51-40)29-32-24-26-33(27-25-32)37-21-12-13-22-38(37)41-44-45-46-48(41)43(34-15-6-3-7-16-34,35-17-8-4-9-18-35)36-19-10-5-11-20-36/h3-28,31,39,49H,29-30H2,1-2H3. The quantitative estimate of drug-likeness (QED) is 0.130. The maximum Gasteiger partial charge on any atom is 0.264 e. The van der Waals surface area contributed by atoms with Crippen molar-refractivity contribution >= 4 is 17.2 Å². The van der Waals surface area contributed by atoms with Crippen LogP contribution in [0.3, 0.4) is 0 Å². The molecule has 1 amide bonds. The van der Waals surface area contributed by atoms with Gasteiger partial charge >= 0.3 is 0 Å². The SMILES string of the molecule is CC(C)C(CO)N(Cc1ccc(-c2ccccc2-c2nnnn2C(c2ccccc2)(c2ccccc2)c2ccccc2)cc1)C(=O)c1cccs1. The molecule has 0 fully saturated rings. The molecular weight excluding hydrogens is 651 g/mol. The van der Waals surface area contributed by atoms with Crippen LogP contribution in [0.15, 0.2) is 157 Å². The van der Waals surface area contributed by atoms with E-state index in [1.54, 1.807) is 4.90 Å². The summed E-state index contributed by atoms with van der Waals surface area (Å²) in [5.41, 5.74) is 6.04. The summed E-state index contributed by atoms with van der Waals surface area (Å²) in [5.74, 6) is 0.644. The first-order chi connectivity index (χ1) is 25.0. The van der Waals surface area contributed by atoms with Gasteiger partial charge in [0.2, 0.25) is 0 Å². The van der Waals surface area contributed by atoms with Crippen LogP contribution >= 0.6 is 11.3 Å². The Bertz CT molecular complexity index is 2070. The fraction of sp³-hybridized carbons (Fsp3) is 0.163. The van der Waals surface area contributed by atoms with Crippen LogP contribution in [0, 0.1) is 5.92 Å². The van der Waals surface area contributed by atoms with Gasteiger partial charge in [0.1, 0.15) is 5.54 Å². The van der Waals surface area contributed by atoms with E-state index in [1.165, 1.54) is 11.3 Å². The number of tetrazole rings is 1. The highest BCUT2D eigenvalue weighted by Gasteiger charge is 2.42. The highest BCUT2D eigenvalue weighted by atomic mass is 32.1. The van der Waals surface area contributed by atoms with Gasteiger partial charge in [0.15, 0.2) is 5.82 Å². The summed E-state index contributed by atoms with van der Waals surface area (Å²) in [5, 5.41) is 25.9. The summed E-state index contributed by atoms with van der Waals surface area (Å²) in [6.45, 7) is 4.34. The maximum absolute atomic E-state index is 13.6. The molecule has 51 heavy (non-hydrogen) atoms. The number of aliphatic hydroxyl groups is 1. The second kappa shape index (κ2) is 15.0. The smallest absolute Gasteiger partial charge is 0.264 e. The Morgan fingerprint density at radius 2 is 1.27 bits per heavy atom.